The van der Waals surface area contributed by atoms with Crippen LogP contribution in [-0.4, -0.2) is 35.0 Å². The van der Waals surface area contributed by atoms with Crippen molar-refractivity contribution in [2.45, 2.75) is 6.92 Å². The number of nitrogens with zero attached hydrogens (tertiary/aromatic N) is 2. The van der Waals surface area contributed by atoms with Gasteiger partial charge in [0.15, 0.2) is 0 Å². The Morgan fingerprint density at radius 2 is 1.51 bits per heavy atom. The summed E-state index contributed by atoms with van der Waals surface area (Å²) >= 11 is 1.26. The first-order valence-electron chi connectivity index (χ1n) is 10.5. The summed E-state index contributed by atoms with van der Waals surface area (Å²) in [6.07, 6.45) is 0. The average Bonchev–Trinajstić information content (AvgIpc) is 3.33. The lowest BCUT2D eigenvalue weighted by atomic mass is 10.1. The van der Waals surface area contributed by atoms with E-state index in [4.69, 9.17) is 4.74 Å². The summed E-state index contributed by atoms with van der Waals surface area (Å²) in [6.45, 7) is 1.38. The Bertz CT molecular complexity index is 1370. The van der Waals surface area contributed by atoms with Crippen molar-refractivity contribution >= 4 is 45.6 Å². The van der Waals surface area contributed by atoms with Crippen LogP contribution in [0.1, 0.15) is 27.6 Å². The van der Waals surface area contributed by atoms with Crippen molar-refractivity contribution in [1.29, 1.82) is 0 Å². The molecule has 4 aromatic rings. The Labute approximate surface area is 205 Å². The first-order chi connectivity index (χ1) is 16.9. The van der Waals surface area contributed by atoms with E-state index in [-0.39, 0.29) is 17.7 Å². The van der Waals surface area contributed by atoms with Gasteiger partial charge in [0.2, 0.25) is 11.0 Å². The zero-order chi connectivity index (χ0) is 24.8. The van der Waals surface area contributed by atoms with Gasteiger partial charge < -0.3 is 15.4 Å². The molecule has 35 heavy (non-hydrogen) atoms. The predicted octanol–water partition coefficient (Wildman–Crippen LogP) is 4.68. The van der Waals surface area contributed by atoms with E-state index in [0.29, 0.717) is 32.6 Å². The third-order valence-electron chi connectivity index (χ3n) is 4.87. The number of nitrogens with one attached hydrogen (secondary N) is 3. The van der Waals surface area contributed by atoms with Crippen LogP contribution in [0.4, 0.5) is 16.5 Å². The third kappa shape index (κ3) is 5.87. The zero-order valence-electron chi connectivity index (χ0n) is 18.9. The lowest BCUT2D eigenvalue weighted by molar-refractivity contribution is -0.114. The number of rotatable bonds is 7. The van der Waals surface area contributed by atoms with Gasteiger partial charge in [0.1, 0.15) is 10.8 Å². The third-order valence-corrected chi connectivity index (χ3v) is 5.76. The first-order valence-corrected chi connectivity index (χ1v) is 11.3. The molecule has 3 aromatic carbocycles. The zero-order valence-corrected chi connectivity index (χ0v) is 19.7. The van der Waals surface area contributed by atoms with E-state index in [1.165, 1.54) is 18.3 Å². The lowest BCUT2D eigenvalue weighted by Crippen LogP contribution is -2.16. The van der Waals surface area contributed by atoms with Crippen LogP contribution >= 0.6 is 11.3 Å². The standard InChI is InChI=1S/C25H21N5O4S/c1-15(31)26-21-6-4-3-5-20(21)23(33)27-18-11-7-16(8-12-18)22(32)28-25-30-29-24(35-25)17-9-13-19(34-2)14-10-17/h3-14H,1-2H3,(H,26,31)(H,27,33)(H,28,30,32). The van der Waals surface area contributed by atoms with E-state index in [1.807, 2.05) is 24.3 Å². The van der Waals surface area contributed by atoms with Gasteiger partial charge in [0.05, 0.1) is 18.4 Å². The molecule has 176 valence electrons. The van der Waals surface area contributed by atoms with Gasteiger partial charge in [0.25, 0.3) is 11.8 Å². The summed E-state index contributed by atoms with van der Waals surface area (Å²) in [5.41, 5.74) is 2.50. The number of methoxy groups -OCH3 is 1. The fourth-order valence-corrected chi connectivity index (χ4v) is 3.92. The number of amides is 3. The van der Waals surface area contributed by atoms with Crippen LogP contribution in [0.5, 0.6) is 5.75 Å². The van der Waals surface area contributed by atoms with Gasteiger partial charge in [-0.15, -0.1) is 10.2 Å². The summed E-state index contributed by atoms with van der Waals surface area (Å²) in [6, 6.07) is 20.5. The second kappa shape index (κ2) is 10.6. The number of hydrogen-bond donors (Lipinski definition) is 3. The van der Waals surface area contributed by atoms with Crippen molar-refractivity contribution in [2.75, 3.05) is 23.1 Å². The molecule has 0 aliphatic carbocycles. The fourth-order valence-electron chi connectivity index (χ4n) is 3.18. The van der Waals surface area contributed by atoms with Crippen LogP contribution in [0.25, 0.3) is 10.6 Å². The molecule has 0 saturated heterocycles. The molecule has 0 bridgehead atoms. The monoisotopic (exact) mass is 487 g/mol. The van der Waals surface area contributed by atoms with Crippen LogP contribution in [-0.2, 0) is 4.79 Å². The van der Waals surface area contributed by atoms with E-state index >= 15 is 0 Å². The highest BCUT2D eigenvalue weighted by molar-refractivity contribution is 7.18. The average molecular weight is 488 g/mol. The molecule has 0 saturated carbocycles. The molecule has 0 radical (unpaired) electrons. The van der Waals surface area contributed by atoms with Crippen molar-refractivity contribution in [3.05, 3.63) is 83.9 Å². The number of hydrogen-bond acceptors (Lipinski definition) is 7. The number of para-hydroxylation sites is 1. The summed E-state index contributed by atoms with van der Waals surface area (Å²) in [5, 5.41) is 17.3. The highest BCUT2D eigenvalue weighted by Gasteiger charge is 2.14. The topological polar surface area (TPSA) is 122 Å². The maximum atomic E-state index is 12.7. The summed E-state index contributed by atoms with van der Waals surface area (Å²) < 4.78 is 5.15. The fraction of sp³-hybridized carbons (Fsp3) is 0.0800. The molecule has 1 heterocycles. The number of aromatic nitrogens is 2. The van der Waals surface area contributed by atoms with Crippen LogP contribution in [0, 0.1) is 0 Å². The number of carbonyl (C=O) groups excluding carboxylic acids is 3. The van der Waals surface area contributed by atoms with Crippen molar-refractivity contribution in [3.63, 3.8) is 0 Å². The molecular weight excluding hydrogens is 466 g/mol. The molecule has 0 fully saturated rings. The van der Waals surface area contributed by atoms with E-state index in [1.54, 1.807) is 55.6 Å². The first kappa shape index (κ1) is 23.6. The van der Waals surface area contributed by atoms with Gasteiger partial charge >= 0.3 is 0 Å². The highest BCUT2D eigenvalue weighted by Crippen LogP contribution is 2.28. The highest BCUT2D eigenvalue weighted by atomic mass is 32.1. The normalized spacial score (nSPS) is 10.3. The molecule has 3 N–H and O–H groups in total. The predicted molar refractivity (Wildman–Crippen MR) is 135 cm³/mol. The number of ether oxygens (including phenoxy) is 1. The molecule has 0 unspecified atom stereocenters. The maximum Gasteiger partial charge on any atom is 0.257 e. The summed E-state index contributed by atoms with van der Waals surface area (Å²) in [7, 11) is 1.60. The lowest BCUT2D eigenvalue weighted by Gasteiger charge is -2.10. The molecule has 9 nitrogen and oxygen atoms in total. The molecule has 0 aliphatic rings. The number of carbonyl (C=O) groups is 3. The van der Waals surface area contributed by atoms with E-state index in [2.05, 4.69) is 26.1 Å². The van der Waals surface area contributed by atoms with Gasteiger partial charge in [-0.25, -0.2) is 0 Å². The molecule has 0 aliphatic heterocycles. The van der Waals surface area contributed by atoms with E-state index in [0.717, 1.165) is 11.3 Å². The Hall–Kier alpha value is -4.57. The second-order valence-electron chi connectivity index (χ2n) is 7.35. The second-order valence-corrected chi connectivity index (χ2v) is 8.33. The van der Waals surface area contributed by atoms with Gasteiger partial charge in [-0.2, -0.15) is 0 Å². The summed E-state index contributed by atoms with van der Waals surface area (Å²) in [5.74, 6) is -0.265. The maximum absolute atomic E-state index is 12.7. The van der Waals surface area contributed by atoms with Crippen molar-refractivity contribution in [1.82, 2.24) is 10.2 Å². The molecule has 1 aromatic heterocycles. The van der Waals surface area contributed by atoms with Crippen molar-refractivity contribution < 1.29 is 19.1 Å². The minimum Gasteiger partial charge on any atom is -0.497 e. The Balaban J connectivity index is 1.39. The number of anilines is 3. The van der Waals surface area contributed by atoms with E-state index < -0.39 is 0 Å². The van der Waals surface area contributed by atoms with Crippen LogP contribution in [0.2, 0.25) is 0 Å². The minimum atomic E-state index is -0.383. The molecule has 0 atom stereocenters. The smallest absolute Gasteiger partial charge is 0.257 e. The van der Waals surface area contributed by atoms with E-state index in [9.17, 15) is 14.4 Å². The largest absolute Gasteiger partial charge is 0.497 e. The Morgan fingerprint density at radius 1 is 0.800 bits per heavy atom. The van der Waals surface area contributed by atoms with Gasteiger partial charge in [-0.3, -0.25) is 19.7 Å². The molecular formula is C25H21N5O4S. The minimum absolute atomic E-state index is 0.271. The Kier molecular flexibility index (Phi) is 7.12. The van der Waals surface area contributed by atoms with Crippen LogP contribution in [0.3, 0.4) is 0 Å². The van der Waals surface area contributed by atoms with Gasteiger partial charge in [-0.1, -0.05) is 23.5 Å². The molecule has 4 rings (SSSR count). The van der Waals surface area contributed by atoms with Crippen molar-refractivity contribution in [2.24, 2.45) is 0 Å². The SMILES string of the molecule is COc1ccc(-c2nnc(NC(=O)c3ccc(NC(=O)c4ccccc4NC(C)=O)cc3)s2)cc1. The Morgan fingerprint density at radius 3 is 2.20 bits per heavy atom. The quantitative estimate of drug-likeness (QED) is 0.348. The summed E-state index contributed by atoms with van der Waals surface area (Å²) in [4.78, 5) is 36.7. The molecule has 0 spiro atoms. The van der Waals surface area contributed by atoms with Crippen LogP contribution < -0.4 is 20.7 Å². The van der Waals surface area contributed by atoms with Gasteiger partial charge in [0, 0.05) is 23.7 Å². The molecule has 3 amide bonds. The molecule has 10 heteroatoms. The van der Waals surface area contributed by atoms with Crippen molar-refractivity contribution in [3.8, 4) is 16.3 Å². The van der Waals surface area contributed by atoms with Crippen LogP contribution in [0.15, 0.2) is 72.8 Å². The van der Waals surface area contributed by atoms with Gasteiger partial charge in [-0.05, 0) is 60.7 Å². The number of benzene rings is 3.